The summed E-state index contributed by atoms with van der Waals surface area (Å²) in [6.07, 6.45) is 3.65. The summed E-state index contributed by atoms with van der Waals surface area (Å²) in [6, 6.07) is 0. The fourth-order valence-electron chi connectivity index (χ4n) is 1.36. The minimum Gasteiger partial charge on any atom is -0.478 e. The molecule has 0 aliphatic heterocycles. The second-order valence-corrected chi connectivity index (χ2v) is 7.04. The van der Waals surface area contributed by atoms with E-state index in [-0.39, 0.29) is 42.5 Å². The molecular weight excluding hydrogens is 408 g/mol. The molecule has 0 aromatic carbocycles. The first-order chi connectivity index (χ1) is 14.2. The molecule has 182 valence electrons. The Morgan fingerprint density at radius 2 is 1.00 bits per heavy atom. The lowest BCUT2D eigenvalue weighted by Gasteiger charge is -2.13. The molecule has 0 saturated heterocycles. The third kappa shape index (κ3) is 35.3. The van der Waals surface area contributed by atoms with Gasteiger partial charge in [-0.1, -0.05) is 33.1 Å². The maximum atomic E-state index is 9.60. The first-order valence-electron chi connectivity index (χ1n) is 9.66. The third-order valence-electron chi connectivity index (χ3n) is 3.51. The summed E-state index contributed by atoms with van der Waals surface area (Å²) >= 11 is 0. The summed E-state index contributed by atoms with van der Waals surface area (Å²) in [5.74, 6) is -2.22. The molecule has 0 saturated carbocycles. The van der Waals surface area contributed by atoms with E-state index < -0.39 is 17.9 Å². The number of aliphatic carboxylic acids is 3. The van der Waals surface area contributed by atoms with Crippen LogP contribution in [0.1, 0.15) is 53.4 Å². The Labute approximate surface area is 185 Å². The molecule has 0 bridgehead atoms. The maximum Gasteiger partial charge on any atom is 0.330 e. The highest BCUT2D eigenvalue weighted by Crippen LogP contribution is 2.14. The van der Waals surface area contributed by atoms with Crippen molar-refractivity contribution in [2.75, 3.05) is 19.8 Å². The van der Waals surface area contributed by atoms with Gasteiger partial charge in [-0.05, 0) is 51.9 Å². The van der Waals surface area contributed by atoms with E-state index in [2.05, 4.69) is 19.7 Å². The molecule has 2 atom stereocenters. The van der Waals surface area contributed by atoms with Gasteiger partial charge in [-0.15, -0.1) is 0 Å². The molecule has 0 spiro atoms. The van der Waals surface area contributed by atoms with E-state index >= 15 is 0 Å². The van der Waals surface area contributed by atoms with Crippen molar-refractivity contribution in [1.82, 2.24) is 0 Å². The van der Waals surface area contributed by atoms with E-state index in [4.69, 9.17) is 30.6 Å². The quantitative estimate of drug-likeness (QED) is 0.260. The lowest BCUT2D eigenvalue weighted by Crippen LogP contribution is -2.09. The van der Waals surface area contributed by atoms with Crippen LogP contribution in [0.2, 0.25) is 0 Å². The Kier molecular flexibility index (Phi) is 27.6. The van der Waals surface area contributed by atoms with Crippen molar-refractivity contribution in [2.24, 2.45) is 11.8 Å². The summed E-state index contributed by atoms with van der Waals surface area (Å²) < 4.78 is 0. The van der Waals surface area contributed by atoms with Gasteiger partial charge in [-0.2, -0.15) is 0 Å². The van der Waals surface area contributed by atoms with E-state index in [1.165, 1.54) is 20.8 Å². The normalized spacial score (nSPS) is 10.9. The first kappa shape index (κ1) is 35.9. The number of hydrogen-bond donors (Lipinski definition) is 6. The van der Waals surface area contributed by atoms with E-state index in [0.29, 0.717) is 12.3 Å². The predicted molar refractivity (Wildman–Crippen MR) is 120 cm³/mol. The van der Waals surface area contributed by atoms with Gasteiger partial charge in [0, 0.05) is 36.5 Å². The molecule has 31 heavy (non-hydrogen) atoms. The van der Waals surface area contributed by atoms with Crippen LogP contribution in [0.4, 0.5) is 0 Å². The van der Waals surface area contributed by atoms with Crippen molar-refractivity contribution in [2.45, 2.75) is 53.4 Å². The van der Waals surface area contributed by atoms with Crippen molar-refractivity contribution < 1.29 is 45.0 Å². The molecule has 0 aromatic rings. The van der Waals surface area contributed by atoms with E-state index in [0.717, 1.165) is 19.3 Å². The molecular formula is C22H40O9. The van der Waals surface area contributed by atoms with Gasteiger partial charge in [-0.25, -0.2) is 14.4 Å². The average molecular weight is 449 g/mol. The van der Waals surface area contributed by atoms with Crippen LogP contribution in [-0.4, -0.2) is 68.4 Å². The van der Waals surface area contributed by atoms with Crippen molar-refractivity contribution in [1.29, 1.82) is 0 Å². The minimum atomic E-state index is -0.935. The summed E-state index contributed by atoms with van der Waals surface area (Å²) in [7, 11) is 0. The van der Waals surface area contributed by atoms with Gasteiger partial charge in [0.25, 0.3) is 0 Å². The van der Waals surface area contributed by atoms with Gasteiger partial charge >= 0.3 is 17.9 Å². The molecule has 0 amide bonds. The molecule has 6 N–H and O–H groups in total. The number of aliphatic hydroxyl groups excluding tert-OH is 3. The fourth-order valence-corrected chi connectivity index (χ4v) is 1.36. The zero-order valence-corrected chi connectivity index (χ0v) is 19.1. The topological polar surface area (TPSA) is 173 Å². The second kappa shape index (κ2) is 23.8. The molecule has 0 aliphatic carbocycles. The number of carbonyl (C=O) groups is 3. The smallest absolute Gasteiger partial charge is 0.330 e. The van der Waals surface area contributed by atoms with Crippen molar-refractivity contribution in [3.8, 4) is 0 Å². The van der Waals surface area contributed by atoms with E-state index in [1.54, 1.807) is 0 Å². The third-order valence-corrected chi connectivity index (χ3v) is 3.51. The van der Waals surface area contributed by atoms with Crippen LogP contribution in [0.5, 0.6) is 0 Å². The first-order valence-corrected chi connectivity index (χ1v) is 9.66. The Hall–Kier alpha value is -2.49. The van der Waals surface area contributed by atoms with Crippen LogP contribution in [-0.2, 0) is 14.4 Å². The number of rotatable bonds is 11. The fraction of sp³-hybridized carbons (Fsp3) is 0.591. The van der Waals surface area contributed by atoms with Crippen LogP contribution >= 0.6 is 0 Å². The zero-order valence-electron chi connectivity index (χ0n) is 19.1. The average Bonchev–Trinajstić information content (AvgIpc) is 2.68. The summed E-state index contributed by atoms with van der Waals surface area (Å²) in [5, 5.41) is 50.0. The molecule has 0 aromatic heterocycles. The van der Waals surface area contributed by atoms with Gasteiger partial charge in [0.15, 0.2) is 0 Å². The molecule has 9 nitrogen and oxygen atoms in total. The molecule has 0 heterocycles. The second-order valence-electron chi connectivity index (χ2n) is 7.04. The lowest BCUT2D eigenvalue weighted by atomic mass is 9.96. The maximum absolute atomic E-state index is 9.60. The Bertz CT molecular complexity index is 460. The lowest BCUT2D eigenvalue weighted by molar-refractivity contribution is -0.133. The van der Waals surface area contributed by atoms with Crippen LogP contribution < -0.4 is 0 Å². The highest BCUT2D eigenvalue weighted by Gasteiger charge is 2.07. The zero-order chi connectivity index (χ0) is 25.6. The molecule has 0 rings (SSSR count). The van der Waals surface area contributed by atoms with Crippen molar-refractivity contribution in [3.05, 3.63) is 36.5 Å². The van der Waals surface area contributed by atoms with Gasteiger partial charge in [0.05, 0.1) is 0 Å². The monoisotopic (exact) mass is 448 g/mol. The molecule has 9 heteroatoms. The highest BCUT2D eigenvalue weighted by molar-refractivity contribution is 5.85. The van der Waals surface area contributed by atoms with Gasteiger partial charge < -0.3 is 30.6 Å². The summed E-state index contributed by atoms with van der Waals surface area (Å²) in [5.41, 5.74) is 0.528. The van der Waals surface area contributed by atoms with Crippen molar-refractivity contribution in [3.63, 3.8) is 0 Å². The number of aliphatic hydroxyl groups is 3. The Morgan fingerprint density at radius 1 is 0.677 bits per heavy atom. The number of hydrogen-bond acceptors (Lipinski definition) is 6. The summed E-state index contributed by atoms with van der Waals surface area (Å²) in [4.78, 5) is 28.8. The van der Waals surface area contributed by atoms with Crippen LogP contribution in [0.25, 0.3) is 0 Å². The van der Waals surface area contributed by atoms with E-state index in [9.17, 15) is 14.4 Å². The molecule has 0 aliphatic rings. The SMILES string of the molecule is C=C(C)C(=O)O.C=C(C)C(=O)O.C=C(C)C(=O)O.CC(CO)CCCC(CO)CCO. The number of carboxylic acid groups (broad SMARTS) is 3. The van der Waals surface area contributed by atoms with Crippen LogP contribution in [0.3, 0.4) is 0 Å². The molecule has 0 fully saturated rings. The largest absolute Gasteiger partial charge is 0.478 e. The van der Waals surface area contributed by atoms with E-state index in [1.807, 2.05) is 6.92 Å². The van der Waals surface area contributed by atoms with Crippen molar-refractivity contribution >= 4 is 17.9 Å². The van der Waals surface area contributed by atoms with Crippen LogP contribution in [0.15, 0.2) is 36.5 Å². The van der Waals surface area contributed by atoms with Gasteiger partial charge in [0.1, 0.15) is 0 Å². The predicted octanol–water partition coefficient (Wildman–Crippen LogP) is 2.72. The highest BCUT2D eigenvalue weighted by atomic mass is 16.4. The van der Waals surface area contributed by atoms with Gasteiger partial charge in [-0.3, -0.25) is 0 Å². The Morgan fingerprint density at radius 3 is 1.19 bits per heavy atom. The van der Waals surface area contributed by atoms with Crippen LogP contribution in [0, 0.1) is 11.8 Å². The summed E-state index contributed by atoms with van der Waals surface area (Å²) in [6.45, 7) is 16.4. The van der Waals surface area contributed by atoms with Gasteiger partial charge in [0.2, 0.25) is 0 Å². The molecule has 0 radical (unpaired) electrons. The standard InChI is InChI=1S/C10H22O3.3C4H6O2/c1-9(7-12)3-2-4-10(8-13)5-6-11;3*1-3(2)4(5)6/h9-13H,2-8H2,1H3;3*1H2,2H3,(H,5,6). The molecule has 2 unspecified atom stereocenters. The Balaban J connectivity index is -0.000000171. The minimum absolute atomic E-state index is 0.154. The number of carboxylic acids is 3.